The Labute approximate surface area is 229 Å². The predicted octanol–water partition coefficient (Wildman–Crippen LogP) is 9.67. The number of rotatable bonds is 2. The SMILES string of the molecule is Cc1c2c(c(CC(C)(C)C)c3ccccc13)Sc1cc3ccc(-c4ccccc4)cc3c3cc[n+](C)c-2c13. The standard InChI is InChI=1S/C36H32NS/c1-22-26-13-9-10-14-27(26)30(21-36(2,3)4)35-32(22)34-33-28(17-18-37(34)5)29-19-24(23-11-7-6-8-12-23)15-16-25(29)20-31(33)38-35/h6-20H,21H2,1-5H3/q+1. The minimum atomic E-state index is 0.193. The summed E-state index contributed by atoms with van der Waals surface area (Å²) < 4.78 is 2.35. The smallest absolute Gasteiger partial charge is 0.200 e. The zero-order valence-corrected chi connectivity index (χ0v) is 23.5. The van der Waals surface area contributed by atoms with Crippen LogP contribution < -0.4 is 4.57 Å². The van der Waals surface area contributed by atoms with Crippen molar-refractivity contribution in [3.05, 3.63) is 102 Å². The molecule has 0 unspecified atom stereocenters. The molecule has 0 atom stereocenters. The summed E-state index contributed by atoms with van der Waals surface area (Å²) in [4.78, 5) is 2.80. The lowest BCUT2D eigenvalue weighted by Crippen LogP contribution is -2.32. The first-order valence-electron chi connectivity index (χ1n) is 13.5. The second-order valence-electron chi connectivity index (χ2n) is 11.9. The molecular formula is C36H32NS+. The summed E-state index contributed by atoms with van der Waals surface area (Å²) in [7, 11) is 2.21. The van der Waals surface area contributed by atoms with E-state index in [1.807, 2.05) is 11.8 Å². The zero-order chi connectivity index (χ0) is 26.2. The molecule has 0 saturated heterocycles. The highest BCUT2D eigenvalue weighted by molar-refractivity contribution is 8.00. The summed E-state index contributed by atoms with van der Waals surface area (Å²) in [6, 6.07) is 31.4. The molecule has 1 nitrogen and oxygen atoms in total. The normalized spacial score (nSPS) is 12.9. The fourth-order valence-electron chi connectivity index (χ4n) is 6.31. The van der Waals surface area contributed by atoms with E-state index < -0.39 is 0 Å². The molecule has 2 heteroatoms. The van der Waals surface area contributed by atoms with E-state index in [2.05, 4.69) is 130 Å². The van der Waals surface area contributed by atoms with E-state index in [9.17, 15) is 0 Å². The van der Waals surface area contributed by atoms with Gasteiger partial charge in [-0.3, -0.25) is 0 Å². The Morgan fingerprint density at radius 2 is 1.47 bits per heavy atom. The summed E-state index contributed by atoms with van der Waals surface area (Å²) in [5.74, 6) is 0. The van der Waals surface area contributed by atoms with Gasteiger partial charge in [0.1, 0.15) is 7.05 Å². The molecule has 0 radical (unpaired) electrons. The highest BCUT2D eigenvalue weighted by Gasteiger charge is 2.33. The number of hydrogen-bond acceptors (Lipinski definition) is 1. The van der Waals surface area contributed by atoms with Gasteiger partial charge in [-0.05, 0) is 74.7 Å². The van der Waals surface area contributed by atoms with Crippen LogP contribution >= 0.6 is 11.8 Å². The van der Waals surface area contributed by atoms with Gasteiger partial charge in [0.25, 0.3) is 0 Å². The van der Waals surface area contributed by atoms with Crippen LogP contribution in [0.3, 0.4) is 0 Å². The second-order valence-corrected chi connectivity index (χ2v) is 13.0. The molecule has 0 bridgehead atoms. The topological polar surface area (TPSA) is 3.88 Å². The third kappa shape index (κ3) is 3.58. The van der Waals surface area contributed by atoms with Gasteiger partial charge in [-0.1, -0.05) is 99.3 Å². The minimum Gasteiger partial charge on any atom is -0.200 e. The van der Waals surface area contributed by atoms with Crippen LogP contribution in [0.1, 0.15) is 31.9 Å². The van der Waals surface area contributed by atoms with E-state index in [-0.39, 0.29) is 5.41 Å². The Bertz CT molecular complexity index is 1910. The first-order chi connectivity index (χ1) is 18.3. The molecular weight excluding hydrogens is 478 g/mol. The molecule has 38 heavy (non-hydrogen) atoms. The quantitative estimate of drug-likeness (QED) is 0.165. The molecule has 7 rings (SSSR count). The fourth-order valence-corrected chi connectivity index (χ4v) is 7.68. The lowest BCUT2D eigenvalue weighted by Gasteiger charge is -2.28. The fraction of sp³-hybridized carbons (Fsp3) is 0.194. The molecule has 0 saturated carbocycles. The van der Waals surface area contributed by atoms with Crippen molar-refractivity contribution < 1.29 is 4.57 Å². The maximum absolute atomic E-state index is 2.43. The van der Waals surface area contributed by atoms with Crippen molar-refractivity contribution in [2.45, 2.75) is 43.9 Å². The summed E-state index contributed by atoms with van der Waals surface area (Å²) >= 11 is 1.98. The van der Waals surface area contributed by atoms with Gasteiger partial charge in [0.2, 0.25) is 5.69 Å². The van der Waals surface area contributed by atoms with Gasteiger partial charge in [0.05, 0.1) is 10.9 Å². The summed E-state index contributed by atoms with van der Waals surface area (Å²) in [6.07, 6.45) is 3.31. The van der Waals surface area contributed by atoms with Crippen LogP contribution in [0.2, 0.25) is 0 Å². The second kappa shape index (κ2) is 8.44. The number of hydrogen-bond donors (Lipinski definition) is 0. The van der Waals surface area contributed by atoms with Crippen molar-refractivity contribution in [1.82, 2.24) is 0 Å². The van der Waals surface area contributed by atoms with Crippen molar-refractivity contribution in [2.75, 3.05) is 0 Å². The van der Waals surface area contributed by atoms with Gasteiger partial charge >= 0.3 is 0 Å². The number of fused-ring (bicyclic) bond motifs is 5. The van der Waals surface area contributed by atoms with Gasteiger partial charge < -0.3 is 0 Å². The molecule has 1 aromatic heterocycles. The van der Waals surface area contributed by atoms with E-state index in [1.165, 1.54) is 75.6 Å². The first kappa shape index (κ1) is 23.5. The molecule has 5 aromatic carbocycles. The van der Waals surface area contributed by atoms with Gasteiger partial charge in [0.15, 0.2) is 6.20 Å². The molecule has 0 amide bonds. The van der Waals surface area contributed by atoms with Crippen molar-refractivity contribution in [3.8, 4) is 22.4 Å². The van der Waals surface area contributed by atoms with Gasteiger partial charge in [-0.25, -0.2) is 4.57 Å². The maximum atomic E-state index is 2.43. The lowest BCUT2D eigenvalue weighted by molar-refractivity contribution is -0.659. The number of aromatic nitrogens is 1. The Morgan fingerprint density at radius 1 is 0.737 bits per heavy atom. The third-order valence-corrected chi connectivity index (χ3v) is 9.19. The Balaban J connectivity index is 1.59. The lowest BCUT2D eigenvalue weighted by atomic mass is 9.83. The van der Waals surface area contributed by atoms with Crippen LogP contribution in [0.15, 0.2) is 101 Å². The van der Waals surface area contributed by atoms with Crippen LogP contribution in [-0.4, -0.2) is 0 Å². The van der Waals surface area contributed by atoms with E-state index in [0.717, 1.165) is 6.42 Å². The monoisotopic (exact) mass is 510 g/mol. The van der Waals surface area contributed by atoms with Gasteiger partial charge in [0, 0.05) is 21.2 Å². The average molecular weight is 511 g/mol. The molecule has 0 fully saturated rings. The van der Waals surface area contributed by atoms with Crippen molar-refractivity contribution >= 4 is 44.1 Å². The van der Waals surface area contributed by atoms with E-state index in [0.29, 0.717) is 0 Å². The van der Waals surface area contributed by atoms with Gasteiger partial charge in [-0.2, -0.15) is 0 Å². The van der Waals surface area contributed by atoms with Crippen LogP contribution in [-0.2, 0) is 13.5 Å². The van der Waals surface area contributed by atoms with Gasteiger partial charge in [-0.15, -0.1) is 0 Å². The molecule has 186 valence electrons. The number of benzene rings is 5. The van der Waals surface area contributed by atoms with Crippen molar-refractivity contribution in [1.29, 1.82) is 0 Å². The largest absolute Gasteiger partial charge is 0.222 e. The third-order valence-electron chi connectivity index (χ3n) is 8.00. The van der Waals surface area contributed by atoms with Crippen molar-refractivity contribution in [2.24, 2.45) is 12.5 Å². The number of nitrogens with zero attached hydrogens (tertiary/aromatic N) is 1. The average Bonchev–Trinajstić information content (AvgIpc) is 2.91. The molecule has 0 spiro atoms. The molecule has 1 aliphatic heterocycles. The zero-order valence-electron chi connectivity index (χ0n) is 22.7. The first-order valence-corrected chi connectivity index (χ1v) is 14.3. The molecule has 1 aliphatic rings. The molecule has 0 aliphatic carbocycles. The molecule has 2 heterocycles. The van der Waals surface area contributed by atoms with E-state index >= 15 is 0 Å². The predicted molar refractivity (Wildman–Crippen MR) is 163 cm³/mol. The highest BCUT2D eigenvalue weighted by atomic mass is 32.2. The maximum Gasteiger partial charge on any atom is 0.222 e. The van der Waals surface area contributed by atoms with Crippen molar-refractivity contribution in [3.63, 3.8) is 0 Å². The highest BCUT2D eigenvalue weighted by Crippen LogP contribution is 2.53. The molecule has 0 N–H and O–H groups in total. The summed E-state index contributed by atoms with van der Waals surface area (Å²) in [6.45, 7) is 9.39. The van der Waals surface area contributed by atoms with Crippen LogP contribution in [0.4, 0.5) is 0 Å². The Kier molecular flexibility index (Phi) is 5.22. The summed E-state index contributed by atoms with van der Waals surface area (Å²) in [5, 5.41) is 8.12. The minimum absolute atomic E-state index is 0.193. The Hall–Kier alpha value is -3.62. The molecule has 6 aromatic rings. The summed E-state index contributed by atoms with van der Waals surface area (Å²) in [5.41, 5.74) is 8.34. The number of pyridine rings is 1. The van der Waals surface area contributed by atoms with E-state index in [4.69, 9.17) is 0 Å². The van der Waals surface area contributed by atoms with E-state index in [1.54, 1.807) is 0 Å². The van der Waals surface area contributed by atoms with Crippen LogP contribution in [0, 0.1) is 12.3 Å². The van der Waals surface area contributed by atoms with Crippen LogP contribution in [0.25, 0.3) is 54.7 Å². The van der Waals surface area contributed by atoms with Crippen LogP contribution in [0.5, 0.6) is 0 Å². The Morgan fingerprint density at radius 3 is 2.24 bits per heavy atom. The number of aryl methyl sites for hydroxylation is 2.